The smallest absolute Gasteiger partial charge is 0.0880 e. The minimum absolute atomic E-state index is 0.0647. The molecular formula is C13H27NO3. The molecule has 102 valence electrons. The average molecular weight is 245 g/mol. The molecule has 1 fully saturated rings. The van der Waals surface area contributed by atoms with E-state index in [1.807, 2.05) is 13.8 Å². The fourth-order valence-electron chi connectivity index (χ4n) is 2.07. The molecule has 0 aromatic rings. The first kappa shape index (κ1) is 14.9. The molecule has 0 amide bonds. The van der Waals surface area contributed by atoms with Crippen LogP contribution in [0.1, 0.15) is 34.1 Å². The van der Waals surface area contributed by atoms with Crippen LogP contribution >= 0.6 is 0 Å². The number of hydrogen-bond acceptors (Lipinski definition) is 4. The van der Waals surface area contributed by atoms with Crippen LogP contribution in [0.4, 0.5) is 0 Å². The van der Waals surface area contributed by atoms with Crippen LogP contribution in [-0.4, -0.2) is 60.7 Å². The van der Waals surface area contributed by atoms with Crippen molar-refractivity contribution < 1.29 is 14.6 Å². The summed E-state index contributed by atoms with van der Waals surface area (Å²) in [5, 5.41) is 10.1. The summed E-state index contributed by atoms with van der Waals surface area (Å²) in [5.74, 6) is 0. The first-order chi connectivity index (χ1) is 7.79. The van der Waals surface area contributed by atoms with Crippen LogP contribution in [0.15, 0.2) is 0 Å². The molecule has 1 atom stereocenters. The van der Waals surface area contributed by atoms with Crippen molar-refractivity contribution in [3.8, 4) is 0 Å². The van der Waals surface area contributed by atoms with Crippen LogP contribution in [-0.2, 0) is 9.47 Å². The Morgan fingerprint density at radius 2 is 2.12 bits per heavy atom. The lowest BCUT2D eigenvalue weighted by atomic mass is 9.96. The summed E-state index contributed by atoms with van der Waals surface area (Å²) in [5.41, 5.74) is -0.411. The second-order valence-electron chi connectivity index (χ2n) is 5.96. The molecule has 1 heterocycles. The highest BCUT2D eigenvalue weighted by Crippen LogP contribution is 2.22. The SMILES string of the molecule is COC(C)(C)C(O)CCN1CCOCC1(C)C. The summed E-state index contributed by atoms with van der Waals surface area (Å²) >= 11 is 0. The summed E-state index contributed by atoms with van der Waals surface area (Å²) in [7, 11) is 1.64. The van der Waals surface area contributed by atoms with Gasteiger partial charge in [-0.3, -0.25) is 4.90 Å². The first-order valence-electron chi connectivity index (χ1n) is 6.35. The van der Waals surface area contributed by atoms with Crippen LogP contribution in [0, 0.1) is 0 Å². The van der Waals surface area contributed by atoms with Crippen molar-refractivity contribution in [2.75, 3.05) is 33.4 Å². The van der Waals surface area contributed by atoms with Gasteiger partial charge in [-0.25, -0.2) is 0 Å². The second-order valence-corrected chi connectivity index (χ2v) is 5.96. The van der Waals surface area contributed by atoms with E-state index in [0.29, 0.717) is 0 Å². The van der Waals surface area contributed by atoms with E-state index in [4.69, 9.17) is 9.47 Å². The van der Waals surface area contributed by atoms with Crippen LogP contribution in [0.5, 0.6) is 0 Å². The molecule has 17 heavy (non-hydrogen) atoms. The fraction of sp³-hybridized carbons (Fsp3) is 1.00. The predicted molar refractivity (Wildman–Crippen MR) is 68.2 cm³/mol. The summed E-state index contributed by atoms with van der Waals surface area (Å²) in [4.78, 5) is 2.38. The molecule has 4 heteroatoms. The van der Waals surface area contributed by atoms with Crippen molar-refractivity contribution >= 4 is 0 Å². The first-order valence-corrected chi connectivity index (χ1v) is 6.35. The molecule has 0 saturated carbocycles. The number of hydrogen-bond donors (Lipinski definition) is 1. The molecule has 0 aromatic carbocycles. The second kappa shape index (κ2) is 5.65. The van der Waals surface area contributed by atoms with Crippen molar-refractivity contribution in [2.45, 2.75) is 51.4 Å². The maximum absolute atomic E-state index is 10.1. The van der Waals surface area contributed by atoms with E-state index in [-0.39, 0.29) is 5.54 Å². The number of methoxy groups -OCH3 is 1. The summed E-state index contributed by atoms with van der Waals surface area (Å²) in [6, 6.07) is 0. The maximum Gasteiger partial charge on any atom is 0.0880 e. The lowest BCUT2D eigenvalue weighted by molar-refractivity contribution is -0.0944. The zero-order chi connectivity index (χ0) is 13.1. The standard InChI is InChI=1S/C13H27NO3/c1-12(2)10-17-9-8-14(12)7-6-11(15)13(3,4)16-5/h11,15H,6-10H2,1-5H3. The molecule has 1 N–H and O–H groups in total. The number of morpholine rings is 1. The quantitative estimate of drug-likeness (QED) is 0.792. The third-order valence-electron chi connectivity index (χ3n) is 3.82. The van der Waals surface area contributed by atoms with Gasteiger partial charge in [0.25, 0.3) is 0 Å². The third-order valence-corrected chi connectivity index (χ3v) is 3.82. The maximum atomic E-state index is 10.1. The molecule has 0 aromatic heterocycles. The molecule has 1 aliphatic rings. The minimum atomic E-state index is -0.476. The summed E-state index contributed by atoms with van der Waals surface area (Å²) in [6.07, 6.45) is 0.288. The minimum Gasteiger partial charge on any atom is -0.390 e. The third kappa shape index (κ3) is 3.91. The van der Waals surface area contributed by atoms with E-state index in [1.165, 1.54) is 0 Å². The van der Waals surface area contributed by atoms with Crippen molar-refractivity contribution in [1.29, 1.82) is 0 Å². The van der Waals surface area contributed by atoms with E-state index in [9.17, 15) is 5.11 Å². The van der Waals surface area contributed by atoms with Gasteiger partial charge in [0.05, 0.1) is 24.9 Å². The number of aliphatic hydroxyl groups is 1. The molecule has 0 radical (unpaired) electrons. The topological polar surface area (TPSA) is 41.9 Å². The number of rotatable bonds is 5. The number of ether oxygens (including phenoxy) is 2. The summed E-state index contributed by atoms with van der Waals surface area (Å²) < 4.78 is 10.8. The lowest BCUT2D eigenvalue weighted by Crippen LogP contribution is -2.54. The molecule has 4 nitrogen and oxygen atoms in total. The molecule has 0 aliphatic carbocycles. The number of aliphatic hydroxyl groups excluding tert-OH is 1. The van der Waals surface area contributed by atoms with Gasteiger partial charge in [-0.05, 0) is 34.1 Å². The Morgan fingerprint density at radius 1 is 1.47 bits per heavy atom. The van der Waals surface area contributed by atoms with Crippen LogP contribution in [0.25, 0.3) is 0 Å². The van der Waals surface area contributed by atoms with Crippen LogP contribution in [0.2, 0.25) is 0 Å². The van der Waals surface area contributed by atoms with Crippen LogP contribution in [0.3, 0.4) is 0 Å². The Kier molecular flexibility index (Phi) is 4.95. The van der Waals surface area contributed by atoms with Gasteiger partial charge in [0.1, 0.15) is 0 Å². The average Bonchev–Trinajstić information content (AvgIpc) is 2.26. The molecular weight excluding hydrogens is 218 g/mol. The normalized spacial score (nSPS) is 23.6. The van der Waals surface area contributed by atoms with Gasteiger partial charge >= 0.3 is 0 Å². The van der Waals surface area contributed by atoms with Gasteiger partial charge in [0.15, 0.2) is 0 Å². The lowest BCUT2D eigenvalue weighted by Gasteiger charge is -2.43. The zero-order valence-electron chi connectivity index (χ0n) is 11.8. The van der Waals surface area contributed by atoms with Crippen LogP contribution < -0.4 is 0 Å². The van der Waals surface area contributed by atoms with E-state index >= 15 is 0 Å². The highest BCUT2D eigenvalue weighted by atomic mass is 16.5. The molecule has 1 rings (SSSR count). The van der Waals surface area contributed by atoms with Gasteiger partial charge in [-0.15, -0.1) is 0 Å². The Morgan fingerprint density at radius 3 is 2.65 bits per heavy atom. The number of nitrogens with zero attached hydrogens (tertiary/aromatic N) is 1. The van der Waals surface area contributed by atoms with Gasteiger partial charge < -0.3 is 14.6 Å². The van der Waals surface area contributed by atoms with Gasteiger partial charge in [-0.2, -0.15) is 0 Å². The van der Waals surface area contributed by atoms with E-state index in [2.05, 4.69) is 18.7 Å². The Hall–Kier alpha value is -0.160. The predicted octanol–water partition coefficient (Wildman–Crippen LogP) is 1.27. The molecule has 0 spiro atoms. The van der Waals surface area contributed by atoms with Crippen molar-refractivity contribution in [2.24, 2.45) is 0 Å². The monoisotopic (exact) mass is 245 g/mol. The van der Waals surface area contributed by atoms with Gasteiger partial charge in [0.2, 0.25) is 0 Å². The van der Waals surface area contributed by atoms with E-state index < -0.39 is 11.7 Å². The van der Waals surface area contributed by atoms with Crippen molar-refractivity contribution in [3.63, 3.8) is 0 Å². The Bertz CT molecular complexity index is 241. The fourth-order valence-corrected chi connectivity index (χ4v) is 2.07. The molecule has 1 aliphatic heterocycles. The van der Waals surface area contributed by atoms with Gasteiger partial charge in [-0.1, -0.05) is 0 Å². The molecule has 1 saturated heterocycles. The summed E-state index contributed by atoms with van der Waals surface area (Å²) in [6.45, 7) is 11.6. The zero-order valence-corrected chi connectivity index (χ0v) is 11.8. The van der Waals surface area contributed by atoms with Gasteiger partial charge in [0, 0.05) is 25.7 Å². The highest BCUT2D eigenvalue weighted by Gasteiger charge is 2.33. The Balaban J connectivity index is 2.44. The largest absolute Gasteiger partial charge is 0.390 e. The molecule has 1 unspecified atom stereocenters. The van der Waals surface area contributed by atoms with E-state index in [1.54, 1.807) is 7.11 Å². The Labute approximate surface area is 105 Å². The molecule has 0 bridgehead atoms. The highest BCUT2D eigenvalue weighted by molar-refractivity contribution is 4.86. The van der Waals surface area contributed by atoms with Crippen molar-refractivity contribution in [1.82, 2.24) is 4.90 Å². The van der Waals surface area contributed by atoms with Crippen molar-refractivity contribution in [3.05, 3.63) is 0 Å². The van der Waals surface area contributed by atoms with E-state index in [0.717, 1.165) is 32.7 Å².